The van der Waals surface area contributed by atoms with Crippen LogP contribution in [0.5, 0.6) is 0 Å². The summed E-state index contributed by atoms with van der Waals surface area (Å²) < 4.78 is 7.72. The summed E-state index contributed by atoms with van der Waals surface area (Å²) in [5.74, 6) is 0. The zero-order chi connectivity index (χ0) is 2.00. The van der Waals surface area contributed by atoms with Crippen molar-refractivity contribution >= 4 is 11.9 Å². The molecule has 0 aliphatic carbocycles. The molecule has 0 N–H and O–H groups in total. The molecule has 0 radical (unpaired) electrons. The fraction of sp³-hybridized carbons (Fsp3) is 0. The molecular weight excluding hydrogens is 130 g/mol. The van der Waals surface area contributed by atoms with Crippen LogP contribution in [0.2, 0.25) is 0 Å². The van der Waals surface area contributed by atoms with E-state index in [-0.39, 0.29) is 46.6 Å². The molecule has 0 aliphatic rings. The Kier molecular flexibility index (Phi) is 92.6. The molecule has 0 spiro atoms. The van der Waals surface area contributed by atoms with Gasteiger partial charge in [-0.2, -0.15) is 0 Å². The largest absolute Gasteiger partial charge is 1.00 e. The maximum atomic E-state index is 7.72. The molecule has 0 aromatic carbocycles. The maximum absolute atomic E-state index is 7.72. The molecule has 22 valence electrons. The van der Waals surface area contributed by atoms with Crippen molar-refractivity contribution in [1.82, 2.24) is 0 Å². The van der Waals surface area contributed by atoms with E-state index in [2.05, 4.69) is 11.9 Å². The van der Waals surface area contributed by atoms with E-state index in [1.54, 1.807) is 0 Å². The molecule has 0 bridgehead atoms. The Hall–Kier alpha value is 1.77. The topological polar surface area (TPSA) is 23.1 Å². The van der Waals surface area contributed by atoms with Crippen LogP contribution < -0.4 is 34.2 Å². The summed E-state index contributed by atoms with van der Waals surface area (Å²) >= 11 is 3.39. The maximum Gasteiger partial charge on any atom is 1.00 e. The van der Waals surface area contributed by atoms with Crippen LogP contribution >= 0.6 is 11.9 Å². The van der Waals surface area contributed by atoms with Crippen LogP contribution in [0.4, 0.5) is 0 Å². The summed E-state index contributed by atoms with van der Waals surface area (Å²) in [4.78, 5) is 0. The van der Waals surface area contributed by atoms with E-state index < -0.39 is 0 Å². The standard InChI is InChI=1S/ClO.Fe.Na/c1-2;;/q-1;;+1. The van der Waals surface area contributed by atoms with Gasteiger partial charge in [0.05, 0.1) is 0 Å². The Morgan fingerprint density at radius 2 is 1.25 bits per heavy atom. The molecule has 0 heterocycles. The van der Waals surface area contributed by atoms with Crippen molar-refractivity contribution in [3.05, 3.63) is 0 Å². The van der Waals surface area contributed by atoms with Gasteiger partial charge in [-0.05, 0) is 0 Å². The first-order valence-electron chi connectivity index (χ1n) is 0.154. The average Bonchev–Trinajstić information content (AvgIpc) is 1.00. The van der Waals surface area contributed by atoms with E-state index >= 15 is 0 Å². The molecule has 0 rings (SSSR count). The third-order valence-corrected chi connectivity index (χ3v) is 0. The van der Waals surface area contributed by atoms with E-state index in [9.17, 15) is 0 Å². The third-order valence-electron chi connectivity index (χ3n) is 0. The van der Waals surface area contributed by atoms with E-state index in [0.29, 0.717) is 0 Å². The van der Waals surface area contributed by atoms with Gasteiger partial charge in [-0.3, -0.25) is 0 Å². The van der Waals surface area contributed by atoms with Crippen molar-refractivity contribution in [1.29, 1.82) is 0 Å². The Morgan fingerprint density at radius 1 is 1.25 bits per heavy atom. The molecule has 4 heavy (non-hydrogen) atoms. The van der Waals surface area contributed by atoms with Gasteiger partial charge in [-0.1, -0.05) is 0 Å². The predicted octanol–water partition coefficient (Wildman–Crippen LogP) is -3.50. The molecule has 0 atom stereocenters. The molecule has 0 amide bonds. The number of hydrogen-bond donors (Lipinski definition) is 0. The van der Waals surface area contributed by atoms with Crippen molar-refractivity contribution in [3.8, 4) is 0 Å². The molecule has 0 unspecified atom stereocenters. The first kappa shape index (κ1) is 17.1. The quantitative estimate of drug-likeness (QED) is 0.312. The van der Waals surface area contributed by atoms with E-state index in [4.69, 9.17) is 4.66 Å². The Balaban J connectivity index is -0.00000000500. The van der Waals surface area contributed by atoms with Crippen LogP contribution in [0.1, 0.15) is 0 Å². The van der Waals surface area contributed by atoms with Gasteiger partial charge in [-0.25, -0.2) is 11.9 Å². The number of rotatable bonds is 0. The van der Waals surface area contributed by atoms with Gasteiger partial charge < -0.3 is 4.66 Å². The van der Waals surface area contributed by atoms with Gasteiger partial charge in [0.1, 0.15) is 0 Å². The van der Waals surface area contributed by atoms with Crippen molar-refractivity contribution in [2.75, 3.05) is 0 Å². The number of halogens is 1. The van der Waals surface area contributed by atoms with Gasteiger partial charge in [0.25, 0.3) is 0 Å². The molecule has 1 nitrogen and oxygen atoms in total. The summed E-state index contributed by atoms with van der Waals surface area (Å²) in [5, 5.41) is 0. The minimum atomic E-state index is 0. The molecular formula is ClFeNaO. The Bertz CT molecular complexity index is 8.00. The van der Waals surface area contributed by atoms with E-state index in [1.165, 1.54) is 0 Å². The molecule has 0 saturated carbocycles. The second kappa shape index (κ2) is 21.6. The SMILES string of the molecule is [Fe].[Na+].[O-]Cl. The van der Waals surface area contributed by atoms with Crippen LogP contribution in [0.15, 0.2) is 0 Å². The summed E-state index contributed by atoms with van der Waals surface area (Å²) in [6.07, 6.45) is 0. The Morgan fingerprint density at radius 3 is 1.25 bits per heavy atom. The molecule has 0 aliphatic heterocycles. The van der Waals surface area contributed by atoms with Crippen molar-refractivity contribution in [3.63, 3.8) is 0 Å². The van der Waals surface area contributed by atoms with Gasteiger partial charge in [0.2, 0.25) is 0 Å². The smallest absolute Gasteiger partial charge is 0.769 e. The van der Waals surface area contributed by atoms with Crippen LogP contribution in [0.3, 0.4) is 0 Å². The molecule has 0 saturated heterocycles. The van der Waals surface area contributed by atoms with Gasteiger partial charge in [-0.15, -0.1) is 0 Å². The Labute approximate surface area is 62.7 Å². The summed E-state index contributed by atoms with van der Waals surface area (Å²) in [6, 6.07) is 0. The first-order valence-corrected chi connectivity index (χ1v) is 0.463. The van der Waals surface area contributed by atoms with Crippen LogP contribution in [-0.2, 0) is 17.1 Å². The molecule has 0 aromatic rings. The van der Waals surface area contributed by atoms with E-state index in [0.717, 1.165) is 0 Å². The minimum Gasteiger partial charge on any atom is -0.769 e. The fourth-order valence-corrected chi connectivity index (χ4v) is 0. The summed E-state index contributed by atoms with van der Waals surface area (Å²) in [6.45, 7) is 0. The fourth-order valence-electron chi connectivity index (χ4n) is 0. The first-order chi connectivity index (χ1) is 1.00. The van der Waals surface area contributed by atoms with Crippen molar-refractivity contribution < 1.29 is 51.3 Å². The van der Waals surface area contributed by atoms with E-state index in [1.807, 2.05) is 0 Å². The number of hydrogen-bond acceptors (Lipinski definition) is 1. The summed E-state index contributed by atoms with van der Waals surface area (Å²) in [7, 11) is 0. The van der Waals surface area contributed by atoms with Crippen LogP contribution in [0.25, 0.3) is 0 Å². The molecule has 0 fully saturated rings. The average molecular weight is 130 g/mol. The monoisotopic (exact) mass is 130 g/mol. The zero-order valence-corrected chi connectivity index (χ0v) is 6.00. The second-order valence-electron chi connectivity index (χ2n) is 0. The van der Waals surface area contributed by atoms with Gasteiger partial charge in [0.15, 0.2) is 0 Å². The normalized spacial score (nSPS) is 1.50. The van der Waals surface area contributed by atoms with Crippen LogP contribution in [0, 0.1) is 0 Å². The van der Waals surface area contributed by atoms with Crippen molar-refractivity contribution in [2.24, 2.45) is 0 Å². The molecule has 0 aromatic heterocycles. The van der Waals surface area contributed by atoms with Gasteiger partial charge in [0, 0.05) is 17.1 Å². The third kappa shape index (κ3) is 9.23. The predicted molar refractivity (Wildman–Crippen MR) is 5.85 cm³/mol. The summed E-state index contributed by atoms with van der Waals surface area (Å²) in [5.41, 5.74) is 0. The van der Waals surface area contributed by atoms with Crippen molar-refractivity contribution in [2.45, 2.75) is 0 Å². The second-order valence-corrected chi connectivity index (χ2v) is 0. The molecule has 4 heteroatoms. The minimum absolute atomic E-state index is 0. The zero-order valence-electron chi connectivity index (χ0n) is 2.14. The van der Waals surface area contributed by atoms with Crippen LogP contribution in [-0.4, -0.2) is 0 Å². The van der Waals surface area contributed by atoms with Gasteiger partial charge >= 0.3 is 29.6 Å².